The van der Waals surface area contributed by atoms with Crippen LogP contribution in [0.4, 0.5) is 0 Å². The van der Waals surface area contributed by atoms with Gasteiger partial charge in [0.15, 0.2) is 13.2 Å². The van der Waals surface area contributed by atoms with Crippen molar-refractivity contribution in [1.82, 2.24) is 21.7 Å². The Morgan fingerprint density at radius 2 is 1.00 bits per heavy atom. The normalized spacial score (nSPS) is 17.7. The Morgan fingerprint density at radius 3 is 1.36 bits per heavy atom. The van der Waals surface area contributed by atoms with Crippen molar-refractivity contribution < 1.29 is 28.7 Å². The summed E-state index contributed by atoms with van der Waals surface area (Å²) in [5.41, 5.74) is 11.8. The van der Waals surface area contributed by atoms with Gasteiger partial charge in [0.1, 0.15) is 11.5 Å². The van der Waals surface area contributed by atoms with Gasteiger partial charge in [-0.3, -0.25) is 40.9 Å². The number of para-hydroxylation sites is 2. The highest BCUT2D eigenvalue weighted by molar-refractivity contribution is 5.85. The fourth-order valence-corrected chi connectivity index (χ4v) is 4.92. The second-order valence-corrected chi connectivity index (χ2v) is 10.9. The maximum atomic E-state index is 12.6. The molecule has 1 saturated carbocycles. The van der Waals surface area contributed by atoms with Crippen LogP contribution in [0.3, 0.4) is 0 Å². The van der Waals surface area contributed by atoms with E-state index < -0.39 is 11.8 Å². The minimum Gasteiger partial charge on any atom is -0.483 e. The largest absolute Gasteiger partial charge is 0.483 e. The summed E-state index contributed by atoms with van der Waals surface area (Å²) in [7, 11) is 0. The quantitative estimate of drug-likeness (QED) is 0.277. The first-order valence-electron chi connectivity index (χ1n) is 14.8. The SMILES string of the molecule is CCC(C)c1ccccc1OCC(=O)NNC(=O)C1CCC(C(=O)NNC(=O)COc2ccccc2C(C)CC)CC1. The van der Waals surface area contributed by atoms with Crippen LogP contribution in [-0.2, 0) is 19.2 Å². The highest BCUT2D eigenvalue weighted by Crippen LogP contribution is 2.30. The molecule has 0 aromatic heterocycles. The Balaban J connectivity index is 1.33. The molecule has 0 saturated heterocycles. The average molecular weight is 581 g/mol. The molecule has 4 N–H and O–H groups in total. The van der Waals surface area contributed by atoms with Gasteiger partial charge in [0.25, 0.3) is 11.8 Å². The van der Waals surface area contributed by atoms with Crippen LogP contribution in [-0.4, -0.2) is 36.8 Å². The fraction of sp³-hybridized carbons (Fsp3) is 0.500. The van der Waals surface area contributed by atoms with Gasteiger partial charge >= 0.3 is 0 Å². The third kappa shape index (κ3) is 9.49. The lowest BCUT2D eigenvalue weighted by Crippen LogP contribution is -2.49. The summed E-state index contributed by atoms with van der Waals surface area (Å²) in [5.74, 6) is -0.262. The van der Waals surface area contributed by atoms with Crippen molar-refractivity contribution in [2.75, 3.05) is 13.2 Å². The van der Waals surface area contributed by atoms with E-state index in [0.717, 1.165) is 24.0 Å². The summed E-state index contributed by atoms with van der Waals surface area (Å²) in [4.78, 5) is 49.7. The molecular formula is C32H44N4O6. The van der Waals surface area contributed by atoms with Crippen LogP contribution in [0.2, 0.25) is 0 Å². The molecule has 4 amide bonds. The van der Waals surface area contributed by atoms with E-state index in [-0.39, 0.29) is 36.9 Å². The van der Waals surface area contributed by atoms with Crippen molar-refractivity contribution in [3.63, 3.8) is 0 Å². The van der Waals surface area contributed by atoms with Crippen LogP contribution in [0.1, 0.15) is 89.2 Å². The van der Waals surface area contributed by atoms with E-state index in [1.165, 1.54) is 0 Å². The van der Waals surface area contributed by atoms with Crippen LogP contribution in [0, 0.1) is 11.8 Å². The van der Waals surface area contributed by atoms with Crippen LogP contribution in [0.5, 0.6) is 11.5 Å². The standard InChI is InChI=1S/C32H44N4O6/c1-5-21(3)25-11-7-9-13-27(25)41-19-29(37)33-35-31(39)23-15-17-24(18-16-23)32(40)36-34-30(38)20-42-28-14-10-8-12-26(28)22(4)6-2/h7-14,21-24H,5-6,15-20H2,1-4H3,(H,33,37)(H,34,38)(H,35,39)(H,36,40). The highest BCUT2D eigenvalue weighted by atomic mass is 16.5. The molecule has 0 heterocycles. The summed E-state index contributed by atoms with van der Waals surface area (Å²) in [6.07, 6.45) is 3.85. The van der Waals surface area contributed by atoms with E-state index >= 15 is 0 Å². The molecule has 0 spiro atoms. The molecule has 1 aliphatic carbocycles. The predicted octanol–water partition coefficient (Wildman–Crippen LogP) is 4.27. The number of hydrogen-bond donors (Lipinski definition) is 4. The Hall–Kier alpha value is -4.08. The number of hydrogen-bond acceptors (Lipinski definition) is 6. The summed E-state index contributed by atoms with van der Waals surface area (Å²) in [6.45, 7) is 7.94. The van der Waals surface area contributed by atoms with Crippen molar-refractivity contribution in [2.45, 2.75) is 78.1 Å². The third-order valence-electron chi connectivity index (χ3n) is 7.96. The summed E-state index contributed by atoms with van der Waals surface area (Å²) < 4.78 is 11.4. The number of nitrogens with one attached hydrogen (secondary N) is 4. The lowest BCUT2D eigenvalue weighted by molar-refractivity contribution is -0.135. The first-order chi connectivity index (χ1) is 20.2. The Kier molecular flexibility index (Phi) is 12.7. The van der Waals surface area contributed by atoms with Crippen molar-refractivity contribution in [3.8, 4) is 11.5 Å². The van der Waals surface area contributed by atoms with Crippen molar-refractivity contribution in [3.05, 3.63) is 59.7 Å². The number of hydrazine groups is 2. The minimum atomic E-state index is -0.460. The number of amides is 4. The van der Waals surface area contributed by atoms with Gasteiger partial charge in [-0.15, -0.1) is 0 Å². The Labute approximate surface area is 248 Å². The highest BCUT2D eigenvalue weighted by Gasteiger charge is 2.30. The molecule has 10 heteroatoms. The zero-order valence-corrected chi connectivity index (χ0v) is 25.0. The van der Waals surface area contributed by atoms with Crippen molar-refractivity contribution in [1.29, 1.82) is 0 Å². The topological polar surface area (TPSA) is 135 Å². The summed E-state index contributed by atoms with van der Waals surface area (Å²) in [5, 5.41) is 0. The molecule has 0 radical (unpaired) electrons. The van der Waals surface area contributed by atoms with E-state index in [9.17, 15) is 19.2 Å². The smallest absolute Gasteiger partial charge is 0.276 e. The number of carbonyl (C=O) groups is 4. The monoisotopic (exact) mass is 580 g/mol. The van der Waals surface area contributed by atoms with Crippen LogP contribution in [0.25, 0.3) is 0 Å². The summed E-state index contributed by atoms with van der Waals surface area (Å²) >= 11 is 0. The maximum absolute atomic E-state index is 12.6. The van der Waals surface area contributed by atoms with E-state index in [0.29, 0.717) is 49.0 Å². The minimum absolute atomic E-state index is 0.220. The van der Waals surface area contributed by atoms with Gasteiger partial charge in [-0.05, 0) is 73.6 Å². The lowest BCUT2D eigenvalue weighted by Gasteiger charge is -2.27. The van der Waals surface area contributed by atoms with Gasteiger partial charge in [0, 0.05) is 11.8 Å². The van der Waals surface area contributed by atoms with Gasteiger partial charge in [0.05, 0.1) is 0 Å². The van der Waals surface area contributed by atoms with Gasteiger partial charge in [-0.2, -0.15) is 0 Å². The van der Waals surface area contributed by atoms with Gasteiger partial charge in [-0.1, -0.05) is 64.1 Å². The maximum Gasteiger partial charge on any atom is 0.276 e. The molecule has 0 bridgehead atoms. The molecule has 2 aromatic rings. The van der Waals surface area contributed by atoms with E-state index in [1.54, 1.807) is 0 Å². The zero-order chi connectivity index (χ0) is 30.5. The fourth-order valence-electron chi connectivity index (χ4n) is 4.92. The van der Waals surface area contributed by atoms with E-state index in [2.05, 4.69) is 49.4 Å². The number of ether oxygens (including phenoxy) is 2. The predicted molar refractivity (Wildman–Crippen MR) is 159 cm³/mol. The van der Waals surface area contributed by atoms with Gasteiger partial charge < -0.3 is 9.47 Å². The molecule has 2 unspecified atom stereocenters. The number of rotatable bonds is 12. The molecule has 42 heavy (non-hydrogen) atoms. The molecule has 228 valence electrons. The van der Waals surface area contributed by atoms with Crippen molar-refractivity contribution >= 4 is 23.6 Å². The Morgan fingerprint density at radius 1 is 0.643 bits per heavy atom. The Bertz CT molecular complexity index is 1120. The van der Waals surface area contributed by atoms with E-state index in [4.69, 9.17) is 9.47 Å². The second-order valence-electron chi connectivity index (χ2n) is 10.9. The molecule has 10 nitrogen and oxygen atoms in total. The second kappa shape index (κ2) is 16.4. The molecule has 0 aliphatic heterocycles. The summed E-state index contributed by atoms with van der Waals surface area (Å²) in [6, 6.07) is 15.2. The van der Waals surface area contributed by atoms with Crippen LogP contribution < -0.4 is 31.2 Å². The van der Waals surface area contributed by atoms with Gasteiger partial charge in [0.2, 0.25) is 11.8 Å². The first kappa shape index (κ1) is 32.4. The van der Waals surface area contributed by atoms with Crippen LogP contribution in [0.15, 0.2) is 48.5 Å². The molecule has 2 aromatic carbocycles. The van der Waals surface area contributed by atoms with Gasteiger partial charge in [-0.25, -0.2) is 0 Å². The third-order valence-corrected chi connectivity index (χ3v) is 7.96. The van der Waals surface area contributed by atoms with Crippen molar-refractivity contribution in [2.24, 2.45) is 11.8 Å². The molecule has 2 atom stereocenters. The lowest BCUT2D eigenvalue weighted by atomic mass is 9.81. The molecule has 1 aliphatic rings. The van der Waals surface area contributed by atoms with E-state index in [1.807, 2.05) is 48.5 Å². The number of benzene rings is 2. The number of carbonyl (C=O) groups excluding carboxylic acids is 4. The van der Waals surface area contributed by atoms with Crippen LogP contribution >= 0.6 is 0 Å². The molecule has 1 fully saturated rings. The molecular weight excluding hydrogens is 536 g/mol. The zero-order valence-electron chi connectivity index (χ0n) is 25.0. The average Bonchev–Trinajstić information content (AvgIpc) is 3.03. The molecule has 3 rings (SSSR count). The first-order valence-corrected chi connectivity index (χ1v) is 14.8.